The number of hydrogen-bond acceptors (Lipinski definition) is 5. The molecule has 19 heavy (non-hydrogen) atoms. The van der Waals surface area contributed by atoms with Crippen LogP contribution in [0.4, 0.5) is 4.39 Å². The molecule has 0 spiro atoms. The van der Waals surface area contributed by atoms with Gasteiger partial charge in [0.15, 0.2) is 11.6 Å². The largest absolute Gasteiger partial charge is 0.494 e. The Balaban J connectivity index is 2.74. The van der Waals surface area contributed by atoms with Crippen LogP contribution in [0.25, 0.3) is 0 Å². The number of hydrazine groups is 1. The van der Waals surface area contributed by atoms with E-state index in [1.807, 2.05) is 0 Å². The topological polar surface area (TPSA) is 81.4 Å². The molecule has 1 rings (SSSR count). The molecule has 0 fully saturated rings. The molecule has 0 aliphatic carbocycles. The first-order valence-corrected chi connectivity index (χ1v) is 7.90. The van der Waals surface area contributed by atoms with Gasteiger partial charge in [0.1, 0.15) is 9.84 Å². The molecule has 108 valence electrons. The summed E-state index contributed by atoms with van der Waals surface area (Å²) >= 11 is 0. The van der Waals surface area contributed by atoms with Crippen molar-refractivity contribution in [1.82, 2.24) is 5.43 Å². The summed E-state index contributed by atoms with van der Waals surface area (Å²) in [6.07, 6.45) is 2.21. The summed E-state index contributed by atoms with van der Waals surface area (Å²) in [6.45, 7) is 0. The summed E-state index contributed by atoms with van der Waals surface area (Å²) in [6, 6.07) is 4.22. The Bertz CT molecular complexity index is 520. The molecule has 0 heterocycles. The number of sulfone groups is 1. The van der Waals surface area contributed by atoms with Crippen LogP contribution in [0.1, 0.15) is 24.4 Å². The van der Waals surface area contributed by atoms with Crippen LogP contribution < -0.4 is 16.0 Å². The molecule has 1 atom stereocenters. The molecule has 0 radical (unpaired) electrons. The second-order valence-corrected chi connectivity index (χ2v) is 6.65. The normalized spacial score (nSPS) is 13.3. The van der Waals surface area contributed by atoms with E-state index in [0.29, 0.717) is 12.8 Å². The third-order valence-electron chi connectivity index (χ3n) is 2.79. The number of benzene rings is 1. The SMILES string of the molecule is COc1cc(C(CCCS(C)(=O)=O)NN)ccc1F. The van der Waals surface area contributed by atoms with Crippen molar-refractivity contribution >= 4 is 9.84 Å². The molecular formula is C12H19FN2O3S. The molecule has 1 aromatic carbocycles. The van der Waals surface area contributed by atoms with E-state index in [0.717, 1.165) is 5.56 Å². The molecule has 0 aliphatic rings. The molecule has 0 aromatic heterocycles. The van der Waals surface area contributed by atoms with Crippen molar-refractivity contribution in [2.75, 3.05) is 19.1 Å². The highest BCUT2D eigenvalue weighted by molar-refractivity contribution is 7.90. The number of rotatable bonds is 7. The number of halogens is 1. The summed E-state index contributed by atoms with van der Waals surface area (Å²) in [5, 5.41) is 0. The second kappa shape index (κ2) is 6.83. The lowest BCUT2D eigenvalue weighted by Crippen LogP contribution is -2.28. The first-order valence-electron chi connectivity index (χ1n) is 5.84. The van der Waals surface area contributed by atoms with E-state index >= 15 is 0 Å². The van der Waals surface area contributed by atoms with Crippen molar-refractivity contribution < 1.29 is 17.5 Å². The van der Waals surface area contributed by atoms with Gasteiger partial charge in [0.2, 0.25) is 0 Å². The van der Waals surface area contributed by atoms with Crippen LogP contribution in [0, 0.1) is 5.82 Å². The number of hydrogen-bond donors (Lipinski definition) is 2. The smallest absolute Gasteiger partial charge is 0.165 e. The maximum atomic E-state index is 13.3. The maximum Gasteiger partial charge on any atom is 0.165 e. The Morgan fingerprint density at radius 2 is 2.16 bits per heavy atom. The summed E-state index contributed by atoms with van der Waals surface area (Å²) in [7, 11) is -1.60. The van der Waals surface area contributed by atoms with Crippen LogP contribution >= 0.6 is 0 Å². The summed E-state index contributed by atoms with van der Waals surface area (Å²) in [5.41, 5.74) is 3.36. The van der Waals surface area contributed by atoms with Crippen molar-refractivity contribution in [3.63, 3.8) is 0 Å². The Hall–Kier alpha value is -1.18. The maximum absolute atomic E-state index is 13.3. The van der Waals surface area contributed by atoms with Gasteiger partial charge in [-0.3, -0.25) is 11.3 Å². The third-order valence-corrected chi connectivity index (χ3v) is 3.82. The standard InChI is InChI=1S/C12H19FN2O3S/c1-18-12-8-9(5-6-10(12)13)11(15-14)4-3-7-19(2,16)17/h5-6,8,11,15H,3-4,7,14H2,1-2H3. The first-order chi connectivity index (χ1) is 8.87. The van der Waals surface area contributed by atoms with Crippen LogP contribution in [0.15, 0.2) is 18.2 Å². The van der Waals surface area contributed by atoms with Gasteiger partial charge in [0.05, 0.1) is 7.11 Å². The highest BCUT2D eigenvalue weighted by atomic mass is 32.2. The Labute approximate surface area is 112 Å². The number of nitrogens with two attached hydrogens (primary N) is 1. The van der Waals surface area contributed by atoms with Gasteiger partial charge in [-0.2, -0.15) is 0 Å². The van der Waals surface area contributed by atoms with Crippen molar-refractivity contribution in [3.8, 4) is 5.75 Å². The quantitative estimate of drug-likeness (QED) is 0.582. The monoisotopic (exact) mass is 290 g/mol. The molecule has 3 N–H and O–H groups in total. The molecule has 0 saturated heterocycles. The number of nitrogens with one attached hydrogen (secondary N) is 1. The van der Waals surface area contributed by atoms with Crippen molar-refractivity contribution in [1.29, 1.82) is 0 Å². The van der Waals surface area contributed by atoms with Gasteiger partial charge < -0.3 is 4.74 Å². The lowest BCUT2D eigenvalue weighted by molar-refractivity contribution is 0.384. The molecule has 0 amide bonds. The predicted octanol–water partition coefficient (Wildman–Crippen LogP) is 1.16. The third kappa shape index (κ3) is 5.14. The zero-order chi connectivity index (χ0) is 14.5. The van der Waals surface area contributed by atoms with Gasteiger partial charge in [-0.05, 0) is 30.5 Å². The molecule has 5 nitrogen and oxygen atoms in total. The minimum absolute atomic E-state index is 0.101. The van der Waals surface area contributed by atoms with Crippen LogP contribution in [-0.4, -0.2) is 27.5 Å². The molecule has 1 aromatic rings. The fraction of sp³-hybridized carbons (Fsp3) is 0.500. The van der Waals surface area contributed by atoms with E-state index < -0.39 is 15.7 Å². The molecule has 0 saturated carbocycles. The Kier molecular flexibility index (Phi) is 5.71. The van der Waals surface area contributed by atoms with Crippen LogP contribution in [-0.2, 0) is 9.84 Å². The zero-order valence-electron chi connectivity index (χ0n) is 11.0. The zero-order valence-corrected chi connectivity index (χ0v) is 11.8. The lowest BCUT2D eigenvalue weighted by atomic mass is 10.0. The van der Waals surface area contributed by atoms with E-state index in [4.69, 9.17) is 10.6 Å². The van der Waals surface area contributed by atoms with Gasteiger partial charge in [-0.1, -0.05) is 6.07 Å². The molecule has 0 aliphatic heterocycles. The fourth-order valence-electron chi connectivity index (χ4n) is 1.79. The number of ether oxygens (including phenoxy) is 1. The van der Waals surface area contributed by atoms with E-state index in [-0.39, 0.29) is 17.5 Å². The molecule has 7 heteroatoms. The average molecular weight is 290 g/mol. The van der Waals surface area contributed by atoms with Crippen LogP contribution in [0.2, 0.25) is 0 Å². The van der Waals surface area contributed by atoms with E-state index in [1.54, 1.807) is 12.1 Å². The number of methoxy groups -OCH3 is 1. The first kappa shape index (κ1) is 15.9. The van der Waals surface area contributed by atoms with Gasteiger partial charge in [-0.15, -0.1) is 0 Å². The predicted molar refractivity (Wildman–Crippen MR) is 72.0 cm³/mol. The van der Waals surface area contributed by atoms with Gasteiger partial charge in [0.25, 0.3) is 0 Å². The molecular weight excluding hydrogens is 271 g/mol. The van der Waals surface area contributed by atoms with Crippen LogP contribution in [0.3, 0.4) is 0 Å². The Morgan fingerprint density at radius 3 is 2.68 bits per heavy atom. The Morgan fingerprint density at radius 1 is 1.47 bits per heavy atom. The summed E-state index contributed by atoms with van der Waals surface area (Å²) < 4.78 is 40.3. The highest BCUT2D eigenvalue weighted by Gasteiger charge is 2.13. The van der Waals surface area contributed by atoms with Crippen LogP contribution in [0.5, 0.6) is 5.75 Å². The van der Waals surface area contributed by atoms with E-state index in [2.05, 4.69) is 5.43 Å². The van der Waals surface area contributed by atoms with Crippen molar-refractivity contribution in [3.05, 3.63) is 29.6 Å². The lowest BCUT2D eigenvalue weighted by Gasteiger charge is -2.17. The van der Waals surface area contributed by atoms with Gasteiger partial charge >= 0.3 is 0 Å². The summed E-state index contributed by atoms with van der Waals surface area (Å²) in [4.78, 5) is 0. The highest BCUT2D eigenvalue weighted by Crippen LogP contribution is 2.24. The molecule has 1 unspecified atom stereocenters. The van der Waals surface area contributed by atoms with Crippen molar-refractivity contribution in [2.24, 2.45) is 5.84 Å². The summed E-state index contributed by atoms with van der Waals surface area (Å²) in [5.74, 6) is 5.24. The van der Waals surface area contributed by atoms with E-state index in [9.17, 15) is 12.8 Å². The minimum atomic E-state index is -2.98. The average Bonchev–Trinajstić information content (AvgIpc) is 2.34. The van der Waals surface area contributed by atoms with E-state index in [1.165, 1.54) is 19.4 Å². The van der Waals surface area contributed by atoms with Gasteiger partial charge in [0, 0.05) is 18.1 Å². The minimum Gasteiger partial charge on any atom is -0.494 e. The molecule has 0 bridgehead atoms. The van der Waals surface area contributed by atoms with Crippen molar-refractivity contribution in [2.45, 2.75) is 18.9 Å². The second-order valence-electron chi connectivity index (χ2n) is 4.39. The van der Waals surface area contributed by atoms with Gasteiger partial charge in [-0.25, -0.2) is 12.8 Å². The fourth-order valence-corrected chi connectivity index (χ4v) is 2.48.